The van der Waals surface area contributed by atoms with Crippen LogP contribution in [-0.4, -0.2) is 22.9 Å². The maximum absolute atomic E-state index is 11.6. The fourth-order valence-corrected chi connectivity index (χ4v) is 2.58. The average molecular weight is 343 g/mol. The van der Waals surface area contributed by atoms with Gasteiger partial charge in [0.25, 0.3) is 0 Å². The van der Waals surface area contributed by atoms with Crippen molar-refractivity contribution in [2.45, 2.75) is 45.4 Å². The average Bonchev–Trinajstić information content (AvgIpc) is 3.23. The zero-order chi connectivity index (χ0) is 17.9. The second-order valence-electron chi connectivity index (χ2n) is 6.40. The van der Waals surface area contributed by atoms with Gasteiger partial charge in [-0.05, 0) is 44.5 Å². The Bertz CT molecular complexity index is 770. The predicted molar refractivity (Wildman–Crippen MR) is 91.0 cm³/mol. The zero-order valence-corrected chi connectivity index (χ0v) is 14.5. The van der Waals surface area contributed by atoms with E-state index in [2.05, 4.69) is 15.5 Å². The maximum atomic E-state index is 11.6. The number of carbonyl (C=O) groups excluding carboxylic acids is 1. The Balaban J connectivity index is 1.65. The summed E-state index contributed by atoms with van der Waals surface area (Å²) in [6.07, 6.45) is 5.01. The van der Waals surface area contributed by atoms with E-state index in [1.54, 1.807) is 32.5 Å². The Morgan fingerprint density at radius 1 is 1.44 bits per heavy atom. The molecule has 1 N–H and O–H groups in total. The van der Waals surface area contributed by atoms with E-state index < -0.39 is 11.7 Å². The lowest BCUT2D eigenvalue weighted by Gasteiger charge is -2.18. The first kappa shape index (κ1) is 17.0. The molecule has 1 atom stereocenters. The summed E-state index contributed by atoms with van der Waals surface area (Å²) in [6.45, 7) is 5.87. The van der Waals surface area contributed by atoms with Gasteiger partial charge in [0.1, 0.15) is 5.76 Å². The van der Waals surface area contributed by atoms with Gasteiger partial charge in [-0.2, -0.15) is 0 Å². The van der Waals surface area contributed by atoms with Crippen molar-refractivity contribution in [3.05, 3.63) is 53.7 Å². The van der Waals surface area contributed by atoms with Gasteiger partial charge in [-0.1, -0.05) is 5.16 Å². The molecular weight excluding hydrogens is 322 g/mol. The highest BCUT2D eigenvalue weighted by Crippen LogP contribution is 2.36. The van der Waals surface area contributed by atoms with Crippen molar-refractivity contribution in [1.82, 2.24) is 10.3 Å². The number of rotatable bonds is 5. The van der Waals surface area contributed by atoms with E-state index in [1.165, 1.54) is 0 Å². The van der Waals surface area contributed by atoms with Gasteiger partial charge in [0, 0.05) is 30.9 Å². The third-order valence-corrected chi connectivity index (χ3v) is 3.81. The Morgan fingerprint density at radius 2 is 2.28 bits per heavy atom. The number of nitrogens with one attached hydrogen (secondary N) is 1. The summed E-state index contributed by atoms with van der Waals surface area (Å²) in [7, 11) is 0. The number of furan rings is 1. The van der Waals surface area contributed by atoms with Crippen LogP contribution in [0.15, 0.2) is 46.4 Å². The second kappa shape index (κ2) is 6.96. The number of aromatic nitrogens is 1. The van der Waals surface area contributed by atoms with E-state index >= 15 is 0 Å². The molecule has 0 bridgehead atoms. The third-order valence-electron chi connectivity index (χ3n) is 3.81. The van der Waals surface area contributed by atoms with E-state index in [0.29, 0.717) is 13.0 Å². The zero-order valence-electron chi connectivity index (χ0n) is 14.5. The van der Waals surface area contributed by atoms with Crippen molar-refractivity contribution in [2.24, 2.45) is 5.16 Å². The van der Waals surface area contributed by atoms with Crippen molar-refractivity contribution >= 4 is 11.8 Å². The highest BCUT2D eigenvalue weighted by Gasteiger charge is 2.39. The van der Waals surface area contributed by atoms with E-state index in [9.17, 15) is 4.79 Å². The highest BCUT2D eigenvalue weighted by molar-refractivity contribution is 6.01. The Morgan fingerprint density at radius 3 is 3.00 bits per heavy atom. The number of pyridine rings is 1. The second-order valence-corrected chi connectivity index (χ2v) is 6.40. The van der Waals surface area contributed by atoms with Crippen LogP contribution < -0.4 is 5.32 Å². The van der Waals surface area contributed by atoms with Gasteiger partial charge in [0.05, 0.1) is 18.1 Å². The van der Waals surface area contributed by atoms with Gasteiger partial charge < -0.3 is 19.3 Å². The first-order valence-corrected chi connectivity index (χ1v) is 8.14. The molecule has 0 fully saturated rings. The molecule has 7 nitrogen and oxygen atoms in total. The minimum absolute atomic E-state index is 0.159. The van der Waals surface area contributed by atoms with Crippen molar-refractivity contribution in [3.63, 3.8) is 0 Å². The lowest BCUT2D eigenvalue weighted by Crippen LogP contribution is -2.26. The molecule has 2 aromatic heterocycles. The molecule has 3 heterocycles. The number of hydrogen-bond acceptors (Lipinski definition) is 6. The fraction of sp³-hybridized carbons (Fsp3) is 0.389. The van der Waals surface area contributed by atoms with Crippen LogP contribution in [0.4, 0.5) is 4.79 Å². The number of carbonyl (C=O) groups is 1. The van der Waals surface area contributed by atoms with Crippen LogP contribution >= 0.6 is 0 Å². The number of nitrogens with zero attached hydrogens (tertiary/aromatic N) is 2. The van der Waals surface area contributed by atoms with E-state index in [-0.39, 0.29) is 6.10 Å². The summed E-state index contributed by atoms with van der Waals surface area (Å²) in [6, 6.07) is 5.63. The Kier molecular flexibility index (Phi) is 4.74. The first-order chi connectivity index (χ1) is 12.0. The van der Waals surface area contributed by atoms with Gasteiger partial charge >= 0.3 is 6.09 Å². The van der Waals surface area contributed by atoms with Crippen LogP contribution in [0.2, 0.25) is 0 Å². The monoisotopic (exact) mass is 343 g/mol. The fourth-order valence-electron chi connectivity index (χ4n) is 2.58. The first-order valence-electron chi connectivity index (χ1n) is 8.14. The van der Waals surface area contributed by atoms with Crippen LogP contribution in [0.5, 0.6) is 0 Å². The van der Waals surface area contributed by atoms with Gasteiger partial charge in [0.15, 0.2) is 5.60 Å². The molecule has 1 unspecified atom stereocenters. The molecule has 0 aromatic carbocycles. The summed E-state index contributed by atoms with van der Waals surface area (Å²) in [5.74, 6) is 0.730. The molecule has 25 heavy (non-hydrogen) atoms. The van der Waals surface area contributed by atoms with E-state index in [1.807, 2.05) is 25.1 Å². The number of ether oxygens (including phenoxy) is 1. The summed E-state index contributed by atoms with van der Waals surface area (Å²) in [5.41, 5.74) is 1.88. The van der Waals surface area contributed by atoms with Gasteiger partial charge in [-0.15, -0.1) is 0 Å². The molecule has 3 rings (SSSR count). The molecule has 0 saturated carbocycles. The number of alkyl carbamates (subject to hydrolysis) is 1. The predicted octanol–water partition coefficient (Wildman–Crippen LogP) is 3.35. The van der Waals surface area contributed by atoms with Crippen molar-refractivity contribution < 1.29 is 18.8 Å². The van der Waals surface area contributed by atoms with Gasteiger partial charge in [0.2, 0.25) is 0 Å². The molecule has 1 amide bonds. The lowest BCUT2D eigenvalue weighted by molar-refractivity contribution is -0.0237. The highest BCUT2D eigenvalue weighted by atomic mass is 16.7. The SMILES string of the molecule is CC(C)OC(=O)NCc1cncc(C2=NOC(C)(c3ccco3)C2)c1. The number of oxime groups is 1. The van der Waals surface area contributed by atoms with E-state index in [0.717, 1.165) is 22.6 Å². The van der Waals surface area contributed by atoms with Crippen LogP contribution in [0.1, 0.15) is 44.1 Å². The number of hydrogen-bond donors (Lipinski definition) is 1. The van der Waals surface area contributed by atoms with Crippen molar-refractivity contribution in [3.8, 4) is 0 Å². The largest absolute Gasteiger partial charge is 0.465 e. The van der Waals surface area contributed by atoms with Crippen LogP contribution in [0.25, 0.3) is 0 Å². The molecule has 0 spiro atoms. The van der Waals surface area contributed by atoms with Crippen LogP contribution in [0.3, 0.4) is 0 Å². The number of amides is 1. The molecule has 1 aliphatic heterocycles. The molecule has 2 aromatic rings. The normalized spacial score (nSPS) is 19.4. The summed E-state index contributed by atoms with van der Waals surface area (Å²) >= 11 is 0. The molecule has 1 aliphatic rings. The molecule has 0 saturated heterocycles. The summed E-state index contributed by atoms with van der Waals surface area (Å²) in [5, 5.41) is 6.89. The van der Waals surface area contributed by atoms with Crippen LogP contribution in [0, 0.1) is 0 Å². The van der Waals surface area contributed by atoms with Gasteiger partial charge in [-0.25, -0.2) is 4.79 Å². The quantitative estimate of drug-likeness (QED) is 0.900. The third kappa shape index (κ3) is 3.99. The Hall–Kier alpha value is -2.83. The molecule has 0 aliphatic carbocycles. The molecule has 0 radical (unpaired) electrons. The van der Waals surface area contributed by atoms with E-state index in [4.69, 9.17) is 14.0 Å². The summed E-state index contributed by atoms with van der Waals surface area (Å²) in [4.78, 5) is 21.4. The standard InChI is InChI=1S/C18H21N3O4/c1-12(2)24-17(22)20-10-13-7-14(11-19-9-13)15-8-18(3,25-21-15)16-5-4-6-23-16/h4-7,9,11-12H,8,10H2,1-3H3,(H,20,22). The van der Waals surface area contributed by atoms with Crippen LogP contribution in [-0.2, 0) is 21.7 Å². The van der Waals surface area contributed by atoms with Crippen molar-refractivity contribution in [2.75, 3.05) is 0 Å². The minimum Gasteiger partial charge on any atom is -0.465 e. The molecular formula is C18H21N3O4. The molecule has 7 heteroatoms. The van der Waals surface area contributed by atoms with Crippen molar-refractivity contribution in [1.29, 1.82) is 0 Å². The molecule has 132 valence electrons. The maximum Gasteiger partial charge on any atom is 0.407 e. The summed E-state index contributed by atoms with van der Waals surface area (Å²) < 4.78 is 10.5. The minimum atomic E-state index is -0.617. The Labute approximate surface area is 146 Å². The topological polar surface area (TPSA) is 86.0 Å². The smallest absolute Gasteiger partial charge is 0.407 e. The van der Waals surface area contributed by atoms with Gasteiger partial charge in [-0.3, -0.25) is 4.98 Å². The lowest BCUT2D eigenvalue weighted by atomic mass is 9.94.